The van der Waals surface area contributed by atoms with Crippen molar-refractivity contribution in [1.29, 1.82) is 0 Å². The van der Waals surface area contributed by atoms with Crippen LogP contribution in [0.25, 0.3) is 0 Å². The topological polar surface area (TPSA) is 42.0 Å². The molecule has 1 amide bonds. The standard InChI is InChI=1S/C13H10Br2N2O/c1-8-2-4-11(15)10(6-8)13(18)17-12-5-3-9(14)7-16-12/h2-7H,1H3,(H,16,17,18). The molecule has 0 unspecified atom stereocenters. The molecule has 0 bridgehead atoms. The van der Waals surface area contributed by atoms with Crippen LogP contribution in [0.4, 0.5) is 5.82 Å². The molecular weight excluding hydrogens is 360 g/mol. The molecule has 1 aromatic heterocycles. The maximum Gasteiger partial charge on any atom is 0.257 e. The number of benzene rings is 1. The van der Waals surface area contributed by atoms with Crippen molar-refractivity contribution in [2.24, 2.45) is 0 Å². The fraction of sp³-hybridized carbons (Fsp3) is 0.0769. The van der Waals surface area contributed by atoms with Crippen LogP contribution in [0.3, 0.4) is 0 Å². The second kappa shape index (κ2) is 5.63. The van der Waals surface area contributed by atoms with Crippen LogP contribution in [0.5, 0.6) is 0 Å². The zero-order valence-electron chi connectivity index (χ0n) is 9.58. The predicted octanol–water partition coefficient (Wildman–Crippen LogP) is 4.17. The Morgan fingerprint density at radius 1 is 1.22 bits per heavy atom. The molecule has 0 aliphatic carbocycles. The first kappa shape index (κ1) is 13.2. The second-order valence-electron chi connectivity index (χ2n) is 3.80. The van der Waals surface area contributed by atoms with Crippen LogP contribution in [-0.2, 0) is 0 Å². The van der Waals surface area contributed by atoms with Gasteiger partial charge in [-0.1, -0.05) is 11.6 Å². The van der Waals surface area contributed by atoms with Crippen molar-refractivity contribution in [2.45, 2.75) is 6.92 Å². The first-order valence-electron chi connectivity index (χ1n) is 5.25. The summed E-state index contributed by atoms with van der Waals surface area (Å²) in [4.78, 5) is 16.2. The highest BCUT2D eigenvalue weighted by Gasteiger charge is 2.10. The lowest BCUT2D eigenvalue weighted by Gasteiger charge is -2.07. The number of carbonyl (C=O) groups is 1. The summed E-state index contributed by atoms with van der Waals surface area (Å²) in [5.41, 5.74) is 1.63. The zero-order chi connectivity index (χ0) is 13.1. The minimum Gasteiger partial charge on any atom is -0.307 e. The smallest absolute Gasteiger partial charge is 0.257 e. The Morgan fingerprint density at radius 3 is 2.67 bits per heavy atom. The highest BCUT2D eigenvalue weighted by molar-refractivity contribution is 9.10. The third kappa shape index (κ3) is 3.17. The molecule has 0 aliphatic rings. The van der Waals surface area contributed by atoms with E-state index in [0.29, 0.717) is 11.4 Å². The fourth-order valence-corrected chi connectivity index (χ4v) is 2.11. The lowest BCUT2D eigenvalue weighted by molar-refractivity contribution is 0.102. The van der Waals surface area contributed by atoms with Crippen LogP contribution in [0.2, 0.25) is 0 Å². The third-order valence-corrected chi connectivity index (χ3v) is 3.50. The minimum absolute atomic E-state index is 0.180. The Bertz CT molecular complexity index is 582. The number of nitrogens with one attached hydrogen (secondary N) is 1. The summed E-state index contributed by atoms with van der Waals surface area (Å²) in [5, 5.41) is 2.75. The normalized spacial score (nSPS) is 10.2. The number of carbonyl (C=O) groups excluding carboxylic acids is 1. The van der Waals surface area contributed by atoms with E-state index >= 15 is 0 Å². The van der Waals surface area contributed by atoms with E-state index in [1.165, 1.54) is 0 Å². The van der Waals surface area contributed by atoms with E-state index in [4.69, 9.17) is 0 Å². The summed E-state index contributed by atoms with van der Waals surface area (Å²) in [7, 11) is 0. The van der Waals surface area contributed by atoms with Gasteiger partial charge >= 0.3 is 0 Å². The van der Waals surface area contributed by atoms with E-state index in [0.717, 1.165) is 14.5 Å². The lowest BCUT2D eigenvalue weighted by atomic mass is 10.1. The second-order valence-corrected chi connectivity index (χ2v) is 5.57. The predicted molar refractivity (Wildman–Crippen MR) is 78.8 cm³/mol. The van der Waals surface area contributed by atoms with Crippen LogP contribution in [0.15, 0.2) is 45.5 Å². The number of aromatic nitrogens is 1. The Labute approximate surface area is 122 Å². The lowest BCUT2D eigenvalue weighted by Crippen LogP contribution is -2.13. The number of aryl methyl sites for hydroxylation is 1. The first-order chi connectivity index (χ1) is 8.56. The van der Waals surface area contributed by atoms with Gasteiger partial charge in [0.1, 0.15) is 5.82 Å². The number of rotatable bonds is 2. The number of hydrogen-bond acceptors (Lipinski definition) is 2. The highest BCUT2D eigenvalue weighted by Crippen LogP contribution is 2.19. The number of halogens is 2. The Hall–Kier alpha value is -1.20. The summed E-state index contributed by atoms with van der Waals surface area (Å²) in [6.07, 6.45) is 1.64. The molecule has 3 nitrogen and oxygen atoms in total. The van der Waals surface area contributed by atoms with Crippen molar-refractivity contribution in [1.82, 2.24) is 4.98 Å². The average Bonchev–Trinajstić information content (AvgIpc) is 2.35. The van der Waals surface area contributed by atoms with Gasteiger partial charge in [-0.05, 0) is 63.0 Å². The highest BCUT2D eigenvalue weighted by atomic mass is 79.9. The fourth-order valence-electron chi connectivity index (χ4n) is 1.45. The monoisotopic (exact) mass is 368 g/mol. The molecule has 0 spiro atoms. The number of pyridine rings is 1. The van der Waals surface area contributed by atoms with Gasteiger partial charge in [0.15, 0.2) is 0 Å². The molecule has 2 aromatic rings. The van der Waals surface area contributed by atoms with Crippen molar-refractivity contribution in [3.63, 3.8) is 0 Å². The number of anilines is 1. The maximum atomic E-state index is 12.1. The van der Waals surface area contributed by atoms with Crippen LogP contribution in [-0.4, -0.2) is 10.9 Å². The Morgan fingerprint density at radius 2 is 2.00 bits per heavy atom. The van der Waals surface area contributed by atoms with E-state index in [1.54, 1.807) is 12.3 Å². The molecule has 5 heteroatoms. The van der Waals surface area contributed by atoms with Gasteiger partial charge < -0.3 is 5.32 Å². The molecule has 0 atom stereocenters. The van der Waals surface area contributed by atoms with Gasteiger partial charge in [-0.15, -0.1) is 0 Å². The van der Waals surface area contributed by atoms with Crippen molar-refractivity contribution in [3.8, 4) is 0 Å². The molecule has 1 aromatic carbocycles. The summed E-state index contributed by atoms with van der Waals surface area (Å²) >= 11 is 6.66. The molecule has 1 heterocycles. The van der Waals surface area contributed by atoms with E-state index in [1.807, 2.05) is 31.2 Å². The average molecular weight is 370 g/mol. The number of nitrogens with zero attached hydrogens (tertiary/aromatic N) is 1. The van der Waals surface area contributed by atoms with Crippen LogP contribution in [0.1, 0.15) is 15.9 Å². The van der Waals surface area contributed by atoms with Gasteiger partial charge in [-0.3, -0.25) is 4.79 Å². The first-order valence-corrected chi connectivity index (χ1v) is 6.84. The summed E-state index contributed by atoms with van der Waals surface area (Å²) < 4.78 is 1.64. The summed E-state index contributed by atoms with van der Waals surface area (Å²) in [5.74, 6) is 0.344. The van der Waals surface area contributed by atoms with E-state index < -0.39 is 0 Å². The summed E-state index contributed by atoms with van der Waals surface area (Å²) in [6, 6.07) is 9.20. The molecule has 0 aliphatic heterocycles. The van der Waals surface area contributed by atoms with Crippen molar-refractivity contribution >= 4 is 43.6 Å². The van der Waals surface area contributed by atoms with Crippen molar-refractivity contribution in [3.05, 3.63) is 56.6 Å². The number of hydrogen-bond donors (Lipinski definition) is 1. The molecule has 0 fully saturated rings. The van der Waals surface area contributed by atoms with Gasteiger partial charge in [0.25, 0.3) is 5.91 Å². The van der Waals surface area contributed by atoms with Crippen LogP contribution in [0, 0.1) is 6.92 Å². The van der Waals surface area contributed by atoms with E-state index in [2.05, 4.69) is 42.2 Å². The molecule has 92 valence electrons. The quantitative estimate of drug-likeness (QED) is 0.863. The minimum atomic E-state index is -0.180. The molecule has 18 heavy (non-hydrogen) atoms. The van der Waals surface area contributed by atoms with Gasteiger partial charge in [0.2, 0.25) is 0 Å². The van der Waals surface area contributed by atoms with Gasteiger partial charge in [-0.2, -0.15) is 0 Å². The van der Waals surface area contributed by atoms with Gasteiger partial charge in [0.05, 0.1) is 5.56 Å². The summed E-state index contributed by atoms with van der Waals surface area (Å²) in [6.45, 7) is 1.95. The van der Waals surface area contributed by atoms with E-state index in [9.17, 15) is 4.79 Å². The molecule has 0 saturated heterocycles. The molecule has 0 radical (unpaired) electrons. The van der Waals surface area contributed by atoms with Gasteiger partial charge in [0, 0.05) is 15.1 Å². The third-order valence-electron chi connectivity index (χ3n) is 2.34. The van der Waals surface area contributed by atoms with Crippen molar-refractivity contribution < 1.29 is 4.79 Å². The Balaban J connectivity index is 2.21. The van der Waals surface area contributed by atoms with E-state index in [-0.39, 0.29) is 5.91 Å². The van der Waals surface area contributed by atoms with Crippen molar-refractivity contribution in [2.75, 3.05) is 5.32 Å². The zero-order valence-corrected chi connectivity index (χ0v) is 12.7. The molecular formula is C13H10Br2N2O. The Kier molecular flexibility index (Phi) is 4.14. The molecule has 1 N–H and O–H groups in total. The van der Waals surface area contributed by atoms with Crippen LogP contribution < -0.4 is 5.32 Å². The number of amides is 1. The SMILES string of the molecule is Cc1ccc(Br)c(C(=O)Nc2ccc(Br)cn2)c1. The van der Waals surface area contributed by atoms with Gasteiger partial charge in [-0.25, -0.2) is 4.98 Å². The molecule has 2 rings (SSSR count). The molecule has 0 saturated carbocycles. The maximum absolute atomic E-state index is 12.1. The van der Waals surface area contributed by atoms with Crippen LogP contribution >= 0.6 is 31.9 Å². The largest absolute Gasteiger partial charge is 0.307 e.